The number of hydrogen-bond acceptors (Lipinski definition) is 8. The van der Waals surface area contributed by atoms with Gasteiger partial charge in [0, 0.05) is 25.8 Å². The van der Waals surface area contributed by atoms with Gasteiger partial charge in [0.2, 0.25) is 5.91 Å². The van der Waals surface area contributed by atoms with Crippen molar-refractivity contribution in [3.8, 4) is 0 Å². The van der Waals surface area contributed by atoms with E-state index in [9.17, 15) is 28.8 Å². The van der Waals surface area contributed by atoms with E-state index in [0.29, 0.717) is 11.1 Å². The Hall–Kier alpha value is -3.56. The second-order valence-electron chi connectivity index (χ2n) is 7.08. The Kier molecular flexibility index (Phi) is 9.06. The number of imide groups is 1. The molecule has 3 amide bonds. The molecule has 10 nitrogen and oxygen atoms in total. The third kappa shape index (κ3) is 6.47. The van der Waals surface area contributed by atoms with E-state index in [4.69, 9.17) is 4.74 Å². The largest absolute Gasteiger partial charge is 0.469 e. The van der Waals surface area contributed by atoms with Crippen LogP contribution in [0, 0.1) is 0 Å². The van der Waals surface area contributed by atoms with Crippen LogP contribution in [0.1, 0.15) is 59.7 Å². The fourth-order valence-corrected chi connectivity index (χ4v) is 3.18. The summed E-state index contributed by atoms with van der Waals surface area (Å²) >= 11 is 0. The molecule has 1 aromatic rings. The zero-order valence-electron chi connectivity index (χ0n) is 18.0. The van der Waals surface area contributed by atoms with Crippen molar-refractivity contribution < 1.29 is 38.2 Å². The van der Waals surface area contributed by atoms with Gasteiger partial charge in [0.05, 0.1) is 31.3 Å². The standard InChI is InChI=1S/C22H26N2O8/c1-3-32-22(30)17(23-18(26)10-11-19(27)31-2)9-8-14(25)12-13-24-20(28)15-6-4-5-7-16(15)21(24)29/h4-7,17H,3,8-13H2,1-2H3,(H,23,26)/t17-/m0/s1. The van der Waals surface area contributed by atoms with E-state index in [1.54, 1.807) is 31.2 Å². The Labute approximate surface area is 185 Å². The van der Waals surface area contributed by atoms with Crippen LogP contribution in [0.3, 0.4) is 0 Å². The molecule has 1 N–H and O–H groups in total. The molecule has 1 aliphatic heterocycles. The van der Waals surface area contributed by atoms with E-state index in [1.165, 1.54) is 7.11 Å². The number of ether oxygens (including phenoxy) is 2. The molecule has 1 heterocycles. The lowest BCUT2D eigenvalue weighted by Crippen LogP contribution is -2.42. The van der Waals surface area contributed by atoms with E-state index in [0.717, 1.165) is 4.90 Å². The number of hydrogen-bond donors (Lipinski definition) is 1. The Bertz CT molecular complexity index is 876. The molecule has 1 atom stereocenters. The van der Waals surface area contributed by atoms with Gasteiger partial charge >= 0.3 is 11.9 Å². The predicted octanol–water partition coefficient (Wildman–Crippen LogP) is 1.02. The minimum atomic E-state index is -1.05. The Morgan fingerprint density at radius 2 is 1.59 bits per heavy atom. The SMILES string of the molecule is CCOC(=O)[C@H](CCC(=O)CCN1C(=O)c2ccccc2C1=O)NC(=O)CCC(=O)OC. The number of amides is 3. The summed E-state index contributed by atoms with van der Waals surface area (Å²) in [5.41, 5.74) is 0.615. The monoisotopic (exact) mass is 446 g/mol. The fraction of sp³-hybridized carbons (Fsp3) is 0.455. The van der Waals surface area contributed by atoms with Crippen molar-refractivity contribution in [1.29, 1.82) is 0 Å². The normalized spacial score (nSPS) is 13.4. The van der Waals surface area contributed by atoms with Crippen LogP contribution in [0.4, 0.5) is 0 Å². The summed E-state index contributed by atoms with van der Waals surface area (Å²) in [5, 5.41) is 2.47. The van der Waals surface area contributed by atoms with Gasteiger partial charge in [-0.1, -0.05) is 12.1 Å². The van der Waals surface area contributed by atoms with Crippen LogP contribution in [0.2, 0.25) is 0 Å². The Morgan fingerprint density at radius 1 is 0.969 bits per heavy atom. The molecule has 0 unspecified atom stereocenters. The number of benzene rings is 1. The highest BCUT2D eigenvalue weighted by molar-refractivity contribution is 6.21. The second-order valence-corrected chi connectivity index (χ2v) is 7.08. The van der Waals surface area contributed by atoms with Gasteiger partial charge in [-0.3, -0.25) is 28.9 Å². The molecule has 32 heavy (non-hydrogen) atoms. The van der Waals surface area contributed by atoms with Crippen molar-refractivity contribution in [2.75, 3.05) is 20.3 Å². The molecule has 2 rings (SSSR count). The smallest absolute Gasteiger partial charge is 0.328 e. The van der Waals surface area contributed by atoms with Crippen molar-refractivity contribution in [1.82, 2.24) is 10.2 Å². The van der Waals surface area contributed by atoms with Crippen LogP contribution in [-0.4, -0.2) is 66.6 Å². The lowest BCUT2D eigenvalue weighted by molar-refractivity contribution is -0.147. The lowest BCUT2D eigenvalue weighted by atomic mass is 10.1. The molecule has 0 bridgehead atoms. The number of rotatable bonds is 12. The maximum absolute atomic E-state index is 12.4. The molecule has 0 spiro atoms. The zero-order chi connectivity index (χ0) is 23.7. The maximum atomic E-state index is 12.4. The average Bonchev–Trinajstić information content (AvgIpc) is 3.03. The molecular weight excluding hydrogens is 420 g/mol. The Morgan fingerprint density at radius 3 is 2.16 bits per heavy atom. The third-order valence-corrected chi connectivity index (χ3v) is 4.89. The van der Waals surface area contributed by atoms with Crippen molar-refractivity contribution in [3.63, 3.8) is 0 Å². The van der Waals surface area contributed by atoms with E-state index in [1.807, 2.05) is 0 Å². The highest BCUT2D eigenvalue weighted by Crippen LogP contribution is 2.22. The van der Waals surface area contributed by atoms with Crippen molar-refractivity contribution >= 4 is 35.4 Å². The molecule has 1 aliphatic rings. The summed E-state index contributed by atoms with van der Waals surface area (Å²) in [6, 6.07) is 5.39. The molecular formula is C22H26N2O8. The number of nitrogens with one attached hydrogen (secondary N) is 1. The van der Waals surface area contributed by atoms with Gasteiger partial charge in [-0.15, -0.1) is 0 Å². The zero-order valence-corrected chi connectivity index (χ0v) is 18.0. The van der Waals surface area contributed by atoms with Crippen molar-refractivity contribution in [3.05, 3.63) is 35.4 Å². The van der Waals surface area contributed by atoms with Crippen molar-refractivity contribution in [2.24, 2.45) is 0 Å². The fourth-order valence-electron chi connectivity index (χ4n) is 3.18. The molecule has 0 fully saturated rings. The van der Waals surface area contributed by atoms with Crippen LogP contribution >= 0.6 is 0 Å². The quantitative estimate of drug-likeness (QED) is 0.371. The summed E-state index contributed by atoms with van der Waals surface area (Å²) < 4.78 is 9.40. The van der Waals surface area contributed by atoms with Crippen LogP contribution in [-0.2, 0) is 28.7 Å². The van der Waals surface area contributed by atoms with Gasteiger partial charge in [0.15, 0.2) is 0 Å². The topological polar surface area (TPSA) is 136 Å². The summed E-state index contributed by atoms with van der Waals surface area (Å²) in [6.07, 6.45) is -0.460. The van der Waals surface area contributed by atoms with Gasteiger partial charge < -0.3 is 14.8 Å². The lowest BCUT2D eigenvalue weighted by Gasteiger charge is -2.17. The predicted molar refractivity (Wildman–Crippen MR) is 110 cm³/mol. The minimum absolute atomic E-state index is 0.0102. The number of fused-ring (bicyclic) bond motifs is 1. The van der Waals surface area contributed by atoms with Crippen LogP contribution in [0.25, 0.3) is 0 Å². The van der Waals surface area contributed by atoms with Gasteiger partial charge in [-0.25, -0.2) is 4.79 Å². The first-order valence-corrected chi connectivity index (χ1v) is 10.3. The summed E-state index contributed by atoms with van der Waals surface area (Å²) in [6.45, 7) is 1.64. The molecule has 10 heteroatoms. The highest BCUT2D eigenvalue weighted by Gasteiger charge is 2.35. The maximum Gasteiger partial charge on any atom is 0.328 e. The van der Waals surface area contributed by atoms with E-state index < -0.39 is 35.7 Å². The molecule has 0 aromatic heterocycles. The molecule has 0 radical (unpaired) electrons. The molecule has 1 aromatic carbocycles. The number of esters is 2. The molecule has 172 valence electrons. The van der Waals surface area contributed by atoms with E-state index >= 15 is 0 Å². The first-order valence-electron chi connectivity index (χ1n) is 10.3. The highest BCUT2D eigenvalue weighted by atomic mass is 16.5. The van der Waals surface area contributed by atoms with Crippen molar-refractivity contribution in [2.45, 2.75) is 45.1 Å². The molecule has 0 saturated heterocycles. The number of nitrogens with zero attached hydrogens (tertiary/aromatic N) is 1. The van der Waals surface area contributed by atoms with Gasteiger partial charge in [-0.05, 0) is 25.5 Å². The molecule has 0 aliphatic carbocycles. The summed E-state index contributed by atoms with van der Waals surface area (Å²) in [4.78, 5) is 73.4. The summed E-state index contributed by atoms with van der Waals surface area (Å²) in [5.74, 6) is -2.96. The first-order chi connectivity index (χ1) is 15.3. The number of Topliss-reactive ketones (excluding diaryl/α,β-unsaturated/α-hetero) is 1. The average molecular weight is 446 g/mol. The van der Waals surface area contributed by atoms with Gasteiger partial charge in [0.1, 0.15) is 11.8 Å². The Balaban J connectivity index is 1.86. The van der Waals surface area contributed by atoms with Crippen LogP contribution < -0.4 is 5.32 Å². The minimum Gasteiger partial charge on any atom is -0.469 e. The van der Waals surface area contributed by atoms with Gasteiger partial charge in [-0.2, -0.15) is 0 Å². The summed E-state index contributed by atoms with van der Waals surface area (Å²) in [7, 11) is 1.20. The molecule has 0 saturated carbocycles. The third-order valence-electron chi connectivity index (χ3n) is 4.89. The number of carbonyl (C=O) groups is 6. The van der Waals surface area contributed by atoms with Gasteiger partial charge in [0.25, 0.3) is 11.8 Å². The van der Waals surface area contributed by atoms with Crippen LogP contribution in [0.15, 0.2) is 24.3 Å². The number of carbonyl (C=O) groups excluding carboxylic acids is 6. The second kappa shape index (κ2) is 11.7. The number of ketones is 1. The van der Waals surface area contributed by atoms with E-state index in [-0.39, 0.29) is 51.0 Å². The van der Waals surface area contributed by atoms with E-state index in [2.05, 4.69) is 10.1 Å². The number of methoxy groups -OCH3 is 1. The first kappa shape index (κ1) is 24.7. The van der Waals surface area contributed by atoms with Crippen LogP contribution in [0.5, 0.6) is 0 Å².